The molecular formula is C24H24N2O3. The van der Waals surface area contributed by atoms with E-state index in [1.807, 2.05) is 32.9 Å². The standard InChI is InChI=1S/C24H24N2O3/c1-15-12-16(2)22(17(3)13-15)26-24(28)19-7-5-6-18(14-19)23(27)25-20-8-10-21(29-4)11-9-20/h5-14H,1-4H3,(H,25,27)(H,26,28). The fourth-order valence-electron chi connectivity index (χ4n) is 3.24. The van der Waals surface area contributed by atoms with Crippen LogP contribution in [0.25, 0.3) is 0 Å². The van der Waals surface area contributed by atoms with E-state index >= 15 is 0 Å². The first kappa shape index (κ1) is 20.1. The second-order valence-corrected chi connectivity index (χ2v) is 6.99. The fourth-order valence-corrected chi connectivity index (χ4v) is 3.24. The van der Waals surface area contributed by atoms with E-state index in [0.717, 1.165) is 22.4 Å². The number of rotatable bonds is 5. The van der Waals surface area contributed by atoms with Gasteiger partial charge in [0.15, 0.2) is 0 Å². The first-order chi connectivity index (χ1) is 13.9. The molecule has 2 N–H and O–H groups in total. The Morgan fingerprint density at radius 2 is 1.31 bits per heavy atom. The van der Waals surface area contributed by atoms with Crippen LogP contribution in [0, 0.1) is 20.8 Å². The minimum Gasteiger partial charge on any atom is -0.497 e. The summed E-state index contributed by atoms with van der Waals surface area (Å²) in [4.78, 5) is 25.3. The van der Waals surface area contributed by atoms with Crippen molar-refractivity contribution < 1.29 is 14.3 Å². The molecule has 0 saturated carbocycles. The summed E-state index contributed by atoms with van der Waals surface area (Å²) < 4.78 is 5.12. The summed E-state index contributed by atoms with van der Waals surface area (Å²) in [6.07, 6.45) is 0. The third-order valence-corrected chi connectivity index (χ3v) is 4.65. The van der Waals surface area contributed by atoms with Crippen molar-refractivity contribution in [2.75, 3.05) is 17.7 Å². The van der Waals surface area contributed by atoms with Gasteiger partial charge < -0.3 is 15.4 Å². The molecule has 0 aliphatic rings. The molecule has 3 aromatic rings. The van der Waals surface area contributed by atoms with Crippen LogP contribution in [0.4, 0.5) is 11.4 Å². The highest BCUT2D eigenvalue weighted by Gasteiger charge is 2.13. The Kier molecular flexibility index (Phi) is 5.98. The molecule has 0 heterocycles. The Bertz CT molecular complexity index is 1030. The largest absolute Gasteiger partial charge is 0.497 e. The van der Waals surface area contributed by atoms with Gasteiger partial charge in [0.25, 0.3) is 11.8 Å². The first-order valence-corrected chi connectivity index (χ1v) is 9.32. The van der Waals surface area contributed by atoms with Gasteiger partial charge in [0.1, 0.15) is 5.75 Å². The van der Waals surface area contributed by atoms with Gasteiger partial charge in [-0.3, -0.25) is 9.59 Å². The van der Waals surface area contributed by atoms with Crippen LogP contribution in [-0.4, -0.2) is 18.9 Å². The van der Waals surface area contributed by atoms with Crippen LogP contribution in [0.1, 0.15) is 37.4 Å². The molecule has 5 heteroatoms. The zero-order valence-electron chi connectivity index (χ0n) is 17.0. The van der Waals surface area contributed by atoms with E-state index in [2.05, 4.69) is 10.6 Å². The molecule has 3 aromatic carbocycles. The average molecular weight is 388 g/mol. The maximum atomic E-state index is 12.8. The van der Waals surface area contributed by atoms with E-state index in [-0.39, 0.29) is 11.8 Å². The smallest absolute Gasteiger partial charge is 0.255 e. The third-order valence-electron chi connectivity index (χ3n) is 4.65. The number of amides is 2. The van der Waals surface area contributed by atoms with E-state index in [1.165, 1.54) is 0 Å². The summed E-state index contributed by atoms with van der Waals surface area (Å²) in [5, 5.41) is 5.79. The number of benzene rings is 3. The average Bonchev–Trinajstić information content (AvgIpc) is 2.71. The van der Waals surface area contributed by atoms with E-state index in [1.54, 1.807) is 55.6 Å². The van der Waals surface area contributed by atoms with E-state index < -0.39 is 0 Å². The van der Waals surface area contributed by atoms with Crippen LogP contribution in [-0.2, 0) is 0 Å². The lowest BCUT2D eigenvalue weighted by molar-refractivity contribution is 0.102. The number of ether oxygens (including phenoxy) is 1. The summed E-state index contributed by atoms with van der Waals surface area (Å²) in [7, 11) is 1.59. The Morgan fingerprint density at radius 3 is 1.86 bits per heavy atom. The fraction of sp³-hybridized carbons (Fsp3) is 0.167. The van der Waals surface area contributed by atoms with E-state index in [0.29, 0.717) is 22.6 Å². The van der Waals surface area contributed by atoms with Crippen LogP contribution >= 0.6 is 0 Å². The lowest BCUT2D eigenvalue weighted by atomic mass is 10.0. The Morgan fingerprint density at radius 1 is 0.759 bits per heavy atom. The number of hydrogen-bond acceptors (Lipinski definition) is 3. The van der Waals surface area contributed by atoms with Crippen LogP contribution in [0.3, 0.4) is 0 Å². The normalized spacial score (nSPS) is 10.3. The molecule has 0 spiro atoms. The second kappa shape index (κ2) is 8.61. The minimum atomic E-state index is -0.285. The van der Waals surface area contributed by atoms with Gasteiger partial charge in [-0.25, -0.2) is 0 Å². The number of carbonyl (C=O) groups is 2. The molecular weight excluding hydrogens is 364 g/mol. The van der Waals surface area contributed by atoms with Crippen LogP contribution in [0.2, 0.25) is 0 Å². The predicted molar refractivity (Wildman–Crippen MR) is 116 cm³/mol. The molecule has 0 radical (unpaired) electrons. The van der Waals surface area contributed by atoms with Crippen molar-refractivity contribution in [3.8, 4) is 5.75 Å². The lowest BCUT2D eigenvalue weighted by Crippen LogP contribution is -2.16. The van der Waals surface area contributed by atoms with Gasteiger partial charge in [-0.1, -0.05) is 23.8 Å². The third kappa shape index (κ3) is 4.82. The number of aryl methyl sites for hydroxylation is 3. The summed E-state index contributed by atoms with van der Waals surface area (Å²) in [6.45, 7) is 5.96. The number of nitrogens with one attached hydrogen (secondary N) is 2. The number of methoxy groups -OCH3 is 1. The maximum Gasteiger partial charge on any atom is 0.255 e. The molecule has 0 saturated heterocycles. The predicted octanol–water partition coefficient (Wildman–Crippen LogP) is 5.13. The number of carbonyl (C=O) groups excluding carboxylic acids is 2. The van der Waals surface area contributed by atoms with Gasteiger partial charge in [0, 0.05) is 22.5 Å². The Labute approximate surface area is 170 Å². The van der Waals surface area contributed by atoms with Crippen LogP contribution in [0.5, 0.6) is 5.75 Å². The molecule has 0 atom stereocenters. The molecule has 0 fully saturated rings. The Balaban J connectivity index is 1.76. The highest BCUT2D eigenvalue weighted by molar-refractivity contribution is 6.09. The zero-order chi connectivity index (χ0) is 21.0. The monoisotopic (exact) mass is 388 g/mol. The number of hydrogen-bond donors (Lipinski definition) is 2. The quantitative estimate of drug-likeness (QED) is 0.637. The molecule has 0 aromatic heterocycles. The van der Waals surface area contributed by atoms with Crippen molar-refractivity contribution >= 4 is 23.2 Å². The summed E-state index contributed by atoms with van der Waals surface area (Å²) in [5.41, 5.74) is 5.44. The van der Waals surface area contributed by atoms with Crippen molar-refractivity contribution in [2.24, 2.45) is 0 Å². The molecule has 0 unspecified atom stereocenters. The van der Waals surface area contributed by atoms with Crippen LogP contribution < -0.4 is 15.4 Å². The molecule has 0 aliphatic heterocycles. The zero-order valence-corrected chi connectivity index (χ0v) is 17.0. The van der Waals surface area contributed by atoms with Gasteiger partial charge in [0.2, 0.25) is 0 Å². The van der Waals surface area contributed by atoms with Crippen molar-refractivity contribution in [3.63, 3.8) is 0 Å². The molecule has 0 aliphatic carbocycles. The van der Waals surface area contributed by atoms with Crippen molar-refractivity contribution in [2.45, 2.75) is 20.8 Å². The molecule has 3 rings (SSSR count). The molecule has 5 nitrogen and oxygen atoms in total. The van der Waals surface area contributed by atoms with Crippen molar-refractivity contribution in [1.82, 2.24) is 0 Å². The summed E-state index contributed by atoms with van der Waals surface area (Å²) in [6, 6.07) is 17.8. The first-order valence-electron chi connectivity index (χ1n) is 9.32. The van der Waals surface area contributed by atoms with Gasteiger partial charge in [-0.05, 0) is 74.4 Å². The Hall–Kier alpha value is -3.60. The van der Waals surface area contributed by atoms with Crippen LogP contribution in [0.15, 0.2) is 60.7 Å². The molecule has 148 valence electrons. The second-order valence-electron chi connectivity index (χ2n) is 6.99. The molecule has 29 heavy (non-hydrogen) atoms. The van der Waals surface area contributed by atoms with Gasteiger partial charge in [0.05, 0.1) is 7.11 Å². The van der Waals surface area contributed by atoms with Gasteiger partial charge >= 0.3 is 0 Å². The summed E-state index contributed by atoms with van der Waals surface area (Å²) >= 11 is 0. The summed E-state index contributed by atoms with van der Waals surface area (Å²) in [5.74, 6) is 0.176. The highest BCUT2D eigenvalue weighted by atomic mass is 16.5. The topological polar surface area (TPSA) is 67.4 Å². The molecule has 0 bridgehead atoms. The van der Waals surface area contributed by atoms with E-state index in [4.69, 9.17) is 4.74 Å². The van der Waals surface area contributed by atoms with E-state index in [9.17, 15) is 9.59 Å². The van der Waals surface area contributed by atoms with Crippen molar-refractivity contribution in [1.29, 1.82) is 0 Å². The van der Waals surface area contributed by atoms with Gasteiger partial charge in [-0.15, -0.1) is 0 Å². The lowest BCUT2D eigenvalue weighted by Gasteiger charge is -2.13. The minimum absolute atomic E-state index is 0.251. The van der Waals surface area contributed by atoms with Crippen molar-refractivity contribution in [3.05, 3.63) is 88.5 Å². The highest BCUT2D eigenvalue weighted by Crippen LogP contribution is 2.23. The van der Waals surface area contributed by atoms with Gasteiger partial charge in [-0.2, -0.15) is 0 Å². The SMILES string of the molecule is COc1ccc(NC(=O)c2cccc(C(=O)Nc3c(C)cc(C)cc3C)c2)cc1. The number of anilines is 2. The molecule has 2 amide bonds. The maximum absolute atomic E-state index is 12.8.